The maximum absolute atomic E-state index is 12.3. The van der Waals surface area contributed by atoms with Gasteiger partial charge in [-0.1, -0.05) is 24.3 Å². The predicted octanol–water partition coefficient (Wildman–Crippen LogP) is 2.66. The Hall–Kier alpha value is -4.13. The molecule has 0 aliphatic carbocycles. The van der Waals surface area contributed by atoms with Gasteiger partial charge in [-0.3, -0.25) is 4.79 Å². The van der Waals surface area contributed by atoms with Crippen LogP contribution >= 0.6 is 0 Å². The number of nitrogens with zero attached hydrogens (tertiary/aromatic N) is 5. The van der Waals surface area contributed by atoms with Crippen molar-refractivity contribution in [2.24, 2.45) is 15.9 Å². The van der Waals surface area contributed by atoms with E-state index in [1.165, 1.54) is 18.8 Å². The Bertz CT molecular complexity index is 1360. The lowest BCUT2D eigenvalue weighted by atomic mass is 10.0. The number of amides is 1. The average molecular weight is 409 g/mol. The van der Waals surface area contributed by atoms with Gasteiger partial charge in [-0.15, -0.1) is 0 Å². The van der Waals surface area contributed by atoms with E-state index >= 15 is 0 Å². The van der Waals surface area contributed by atoms with Crippen molar-refractivity contribution in [1.82, 2.24) is 14.9 Å². The molecule has 0 saturated carbocycles. The minimum atomic E-state index is -0.222. The fourth-order valence-electron chi connectivity index (χ4n) is 3.53. The van der Waals surface area contributed by atoms with E-state index in [4.69, 9.17) is 9.73 Å². The fraction of sp³-hybridized carbons (Fsp3) is 0.125. The number of rotatable bonds is 0. The van der Waals surface area contributed by atoms with Crippen molar-refractivity contribution < 1.29 is 9.53 Å². The Morgan fingerprint density at radius 1 is 1.10 bits per heavy atom. The van der Waals surface area contributed by atoms with Gasteiger partial charge in [0, 0.05) is 35.8 Å². The van der Waals surface area contributed by atoms with Crippen LogP contribution in [0.25, 0.3) is 17.1 Å². The van der Waals surface area contributed by atoms with Gasteiger partial charge in [0.25, 0.3) is 5.91 Å². The standard InChI is InChI=1S/C24H19N5O2/c30-24-17-8-11-29(12-9-17)15-18-4-1-2-5-21(18)28-23-20-14-19(31-13-3-10-25-24)6-7-22(20)26-16-27-23/h1-8,10-11,13-17H,9,12H2/b13-3-,18-15+,25-10?,28-21?. The highest BCUT2D eigenvalue weighted by molar-refractivity contribution is 5.91. The molecule has 3 aliphatic heterocycles. The third-order valence-corrected chi connectivity index (χ3v) is 5.15. The van der Waals surface area contributed by atoms with Crippen LogP contribution in [0.3, 0.4) is 0 Å². The normalized spacial score (nSPS) is 20.3. The zero-order valence-corrected chi connectivity index (χ0v) is 16.6. The molecule has 7 heteroatoms. The zero-order chi connectivity index (χ0) is 21.0. The highest BCUT2D eigenvalue weighted by Crippen LogP contribution is 2.26. The predicted molar refractivity (Wildman–Crippen MR) is 118 cm³/mol. The third kappa shape index (κ3) is 4.11. The molecule has 1 atom stereocenters. The molecular weight excluding hydrogens is 390 g/mol. The third-order valence-electron chi connectivity index (χ3n) is 5.15. The lowest BCUT2D eigenvalue weighted by Gasteiger charge is -2.23. The van der Waals surface area contributed by atoms with Gasteiger partial charge in [0.05, 0.1) is 23.1 Å². The molecule has 31 heavy (non-hydrogen) atoms. The molecule has 1 unspecified atom stereocenters. The van der Waals surface area contributed by atoms with E-state index in [0.717, 1.165) is 28.0 Å². The summed E-state index contributed by atoms with van der Waals surface area (Å²) in [5.41, 5.74) is 0.776. The van der Waals surface area contributed by atoms with Crippen molar-refractivity contribution in [2.45, 2.75) is 6.42 Å². The molecule has 6 rings (SSSR count). The molecule has 0 saturated heterocycles. The van der Waals surface area contributed by atoms with Gasteiger partial charge in [-0.25, -0.2) is 20.0 Å². The van der Waals surface area contributed by atoms with E-state index in [1.54, 1.807) is 6.08 Å². The summed E-state index contributed by atoms with van der Waals surface area (Å²) >= 11 is 0. The molecule has 3 aliphatic rings. The van der Waals surface area contributed by atoms with E-state index in [0.29, 0.717) is 18.0 Å². The zero-order valence-electron chi connectivity index (χ0n) is 16.6. The van der Waals surface area contributed by atoms with Gasteiger partial charge in [0.15, 0.2) is 5.82 Å². The second-order valence-corrected chi connectivity index (χ2v) is 7.21. The largest absolute Gasteiger partial charge is 0.465 e. The lowest BCUT2D eigenvalue weighted by Crippen LogP contribution is -2.30. The molecular formula is C24H19N5O2. The van der Waals surface area contributed by atoms with Crippen LogP contribution in [-0.4, -0.2) is 33.5 Å². The second-order valence-electron chi connectivity index (χ2n) is 7.21. The van der Waals surface area contributed by atoms with Crippen LogP contribution in [0, 0.1) is 5.92 Å². The molecule has 0 spiro atoms. The van der Waals surface area contributed by atoms with Crippen molar-refractivity contribution in [2.75, 3.05) is 6.54 Å². The van der Waals surface area contributed by atoms with E-state index in [1.807, 2.05) is 60.9 Å². The quantitative estimate of drug-likeness (QED) is 0.570. The molecule has 2 aromatic carbocycles. The van der Waals surface area contributed by atoms with Gasteiger partial charge in [-0.05, 0) is 36.8 Å². The number of carbonyl (C=O) groups is 1. The minimum Gasteiger partial charge on any atom is -0.465 e. The van der Waals surface area contributed by atoms with Gasteiger partial charge < -0.3 is 9.64 Å². The van der Waals surface area contributed by atoms with E-state index in [-0.39, 0.29) is 11.8 Å². The van der Waals surface area contributed by atoms with Crippen LogP contribution in [0.1, 0.15) is 6.42 Å². The molecule has 152 valence electrons. The van der Waals surface area contributed by atoms with Crippen LogP contribution in [0.5, 0.6) is 5.75 Å². The van der Waals surface area contributed by atoms with Crippen LogP contribution in [0.2, 0.25) is 0 Å². The first kappa shape index (κ1) is 18.9. The number of hydrogen-bond acceptors (Lipinski definition) is 6. The molecule has 0 N–H and O–H groups in total. The summed E-state index contributed by atoms with van der Waals surface area (Å²) in [6.07, 6.45) is 12.6. The summed E-state index contributed by atoms with van der Waals surface area (Å²) in [5.74, 6) is 0.802. The van der Waals surface area contributed by atoms with Gasteiger partial charge in [0.2, 0.25) is 0 Å². The number of para-hydroxylation sites is 1. The Balaban J connectivity index is 1.70. The maximum Gasteiger partial charge on any atom is 0.252 e. The summed E-state index contributed by atoms with van der Waals surface area (Å²) in [4.78, 5) is 32.0. The van der Waals surface area contributed by atoms with Crippen molar-refractivity contribution in [3.05, 3.63) is 84.0 Å². The fourth-order valence-corrected chi connectivity index (χ4v) is 3.53. The molecule has 1 aromatic heterocycles. The lowest BCUT2D eigenvalue weighted by molar-refractivity contribution is -0.120. The van der Waals surface area contributed by atoms with Gasteiger partial charge in [-0.2, -0.15) is 0 Å². The van der Waals surface area contributed by atoms with Gasteiger partial charge >= 0.3 is 0 Å². The molecule has 1 amide bonds. The number of aromatic nitrogens is 2. The first-order chi connectivity index (χ1) is 15.3. The average Bonchev–Trinajstić information content (AvgIpc) is 2.80. The number of fused-ring (bicyclic) bond motifs is 4. The van der Waals surface area contributed by atoms with Gasteiger partial charge in [0.1, 0.15) is 12.1 Å². The Labute approximate surface area is 178 Å². The maximum atomic E-state index is 12.3. The number of hydrogen-bond donors (Lipinski definition) is 0. The van der Waals surface area contributed by atoms with Crippen LogP contribution in [0.4, 0.5) is 5.82 Å². The minimum absolute atomic E-state index is 0.162. The highest BCUT2D eigenvalue weighted by atomic mass is 16.5. The van der Waals surface area contributed by atoms with E-state index < -0.39 is 0 Å². The molecule has 0 fully saturated rings. The summed E-state index contributed by atoms with van der Waals surface area (Å²) in [6, 6.07) is 13.4. The van der Waals surface area contributed by atoms with Crippen molar-refractivity contribution in [1.29, 1.82) is 0 Å². The number of carbonyl (C=O) groups excluding carboxylic acids is 1. The SMILES string of the molecule is O=C1N=C/C=C\Oc2ccc3ncnc(c3c2)N=c2cccc/c2=C\N2C=CC1CC2. The highest BCUT2D eigenvalue weighted by Gasteiger charge is 2.18. The molecule has 4 heterocycles. The first-order valence-electron chi connectivity index (χ1n) is 10.0. The number of aliphatic imine (C=N–C) groups is 1. The number of allylic oxidation sites excluding steroid dienone is 1. The summed E-state index contributed by atoms with van der Waals surface area (Å²) < 4.78 is 5.67. The molecule has 0 radical (unpaired) electrons. The topological polar surface area (TPSA) is 80.0 Å². The molecule has 7 nitrogen and oxygen atoms in total. The summed E-state index contributed by atoms with van der Waals surface area (Å²) in [6.45, 7) is 0.718. The first-order valence-corrected chi connectivity index (χ1v) is 10.0. The number of ether oxygens (including phenoxy) is 1. The Morgan fingerprint density at radius 3 is 2.94 bits per heavy atom. The van der Waals surface area contributed by atoms with E-state index in [2.05, 4.69) is 19.9 Å². The van der Waals surface area contributed by atoms with Crippen molar-refractivity contribution >= 4 is 35.0 Å². The monoisotopic (exact) mass is 409 g/mol. The smallest absolute Gasteiger partial charge is 0.252 e. The summed E-state index contributed by atoms with van der Waals surface area (Å²) in [5, 5.41) is 2.54. The van der Waals surface area contributed by atoms with E-state index in [9.17, 15) is 4.79 Å². The molecule has 3 aromatic rings. The number of benzene rings is 2. The Kier molecular flexibility index (Phi) is 5.06. The molecule has 4 bridgehead atoms. The van der Waals surface area contributed by atoms with Crippen molar-refractivity contribution in [3.8, 4) is 5.75 Å². The second kappa shape index (κ2) is 8.31. The summed E-state index contributed by atoms with van der Waals surface area (Å²) in [7, 11) is 0. The van der Waals surface area contributed by atoms with Crippen LogP contribution in [0.15, 0.2) is 83.4 Å². The van der Waals surface area contributed by atoms with Crippen LogP contribution < -0.4 is 15.3 Å². The van der Waals surface area contributed by atoms with Crippen molar-refractivity contribution in [3.63, 3.8) is 0 Å². The van der Waals surface area contributed by atoms with Crippen LogP contribution in [-0.2, 0) is 4.79 Å². The Morgan fingerprint density at radius 2 is 2.03 bits per heavy atom.